The molecule has 9 nitrogen and oxygen atoms in total. The number of anilines is 4. The maximum Gasteiger partial charge on any atom is 0.328 e. The summed E-state index contributed by atoms with van der Waals surface area (Å²) in [5.74, 6) is 1.07. The van der Waals surface area contributed by atoms with Crippen LogP contribution in [0, 0.1) is 0 Å². The third-order valence-electron chi connectivity index (χ3n) is 8.10. The Bertz CT molecular complexity index is 1640. The molecule has 0 bridgehead atoms. The molecule has 5 rings (SSSR count). The molecule has 2 N–H and O–H groups in total. The lowest BCUT2D eigenvalue weighted by atomic mass is 10.0. The molecule has 9 heteroatoms. The van der Waals surface area contributed by atoms with E-state index >= 15 is 0 Å². The summed E-state index contributed by atoms with van der Waals surface area (Å²) in [7, 11) is 1.65. The fourth-order valence-corrected chi connectivity index (χ4v) is 5.80. The summed E-state index contributed by atoms with van der Waals surface area (Å²) in [6.45, 7) is 8.13. The number of carbonyl (C=O) groups is 1. The fraction of sp³-hybridized carbons (Fsp3) is 0.394. The first-order chi connectivity index (χ1) is 20.2. The van der Waals surface area contributed by atoms with E-state index in [2.05, 4.69) is 37.5 Å². The van der Waals surface area contributed by atoms with Crippen molar-refractivity contribution in [2.75, 3.05) is 29.3 Å². The van der Waals surface area contributed by atoms with E-state index in [1.54, 1.807) is 14.0 Å². The molecule has 4 aromatic rings. The van der Waals surface area contributed by atoms with Gasteiger partial charge in [-0.2, -0.15) is 0 Å². The molecule has 0 radical (unpaired) electrons. The fourth-order valence-electron chi connectivity index (χ4n) is 5.80. The quantitative estimate of drug-likeness (QED) is 0.188. The highest BCUT2D eigenvalue weighted by atomic mass is 16.5. The Morgan fingerprint density at radius 3 is 2.38 bits per heavy atom. The third-order valence-corrected chi connectivity index (χ3v) is 8.10. The van der Waals surface area contributed by atoms with Gasteiger partial charge in [0.15, 0.2) is 0 Å². The number of benzene rings is 2. The van der Waals surface area contributed by atoms with Crippen molar-refractivity contribution in [3.05, 3.63) is 80.2 Å². The minimum atomic E-state index is -0.819. The van der Waals surface area contributed by atoms with Gasteiger partial charge < -0.3 is 25.0 Å². The van der Waals surface area contributed by atoms with Gasteiger partial charge in [-0.15, -0.1) is 0 Å². The molecule has 0 amide bonds. The first-order valence-electron chi connectivity index (χ1n) is 14.6. The van der Waals surface area contributed by atoms with Crippen molar-refractivity contribution >= 4 is 39.6 Å². The molecule has 2 heterocycles. The van der Waals surface area contributed by atoms with Crippen LogP contribution in [0.4, 0.5) is 22.9 Å². The molecule has 1 saturated heterocycles. The van der Waals surface area contributed by atoms with E-state index in [0.717, 1.165) is 58.5 Å². The average molecular weight is 571 g/mol. The van der Waals surface area contributed by atoms with Crippen molar-refractivity contribution in [3.8, 4) is 5.75 Å². The molecule has 3 atom stereocenters. The number of pyridine rings is 1. The Morgan fingerprint density at radius 2 is 1.74 bits per heavy atom. The van der Waals surface area contributed by atoms with Gasteiger partial charge in [0.2, 0.25) is 0 Å². The maximum atomic E-state index is 13.0. The first kappa shape index (κ1) is 29.1. The summed E-state index contributed by atoms with van der Waals surface area (Å²) in [4.78, 5) is 45.0. The van der Waals surface area contributed by atoms with Crippen molar-refractivity contribution in [1.29, 1.82) is 0 Å². The molecule has 1 aliphatic rings. The minimum Gasteiger partial charge on any atom is -0.497 e. The van der Waals surface area contributed by atoms with Gasteiger partial charge in [-0.3, -0.25) is 9.59 Å². The lowest BCUT2D eigenvalue weighted by Crippen LogP contribution is -2.48. The summed E-state index contributed by atoms with van der Waals surface area (Å²) in [6.07, 6.45) is 2.98. The van der Waals surface area contributed by atoms with E-state index in [-0.39, 0.29) is 30.8 Å². The largest absolute Gasteiger partial charge is 0.497 e. The van der Waals surface area contributed by atoms with Gasteiger partial charge in [0.05, 0.1) is 13.7 Å². The van der Waals surface area contributed by atoms with Crippen LogP contribution in [0.15, 0.2) is 58.1 Å². The van der Waals surface area contributed by atoms with Crippen molar-refractivity contribution in [2.24, 2.45) is 0 Å². The summed E-state index contributed by atoms with van der Waals surface area (Å²) in [5.41, 5.74) is 2.20. The third kappa shape index (κ3) is 5.68. The van der Waals surface area contributed by atoms with Crippen molar-refractivity contribution < 1.29 is 14.3 Å². The predicted octanol–water partition coefficient (Wildman–Crippen LogP) is 5.11. The second kappa shape index (κ2) is 12.2. The number of aromatic nitrogens is 1. The van der Waals surface area contributed by atoms with Crippen LogP contribution in [0.2, 0.25) is 0 Å². The first-order valence-corrected chi connectivity index (χ1v) is 14.6. The molecule has 0 saturated carbocycles. The normalized spacial score (nSPS) is 17.4. The van der Waals surface area contributed by atoms with Crippen LogP contribution < -0.4 is 31.1 Å². The Kier molecular flexibility index (Phi) is 8.47. The Hall–Kier alpha value is -4.40. The molecule has 1 aromatic heterocycles. The number of ether oxygens (including phenoxy) is 2. The van der Waals surface area contributed by atoms with Crippen LogP contribution in [-0.2, 0) is 22.4 Å². The lowest BCUT2D eigenvalue weighted by Gasteiger charge is -2.32. The highest BCUT2D eigenvalue weighted by Crippen LogP contribution is 2.33. The van der Waals surface area contributed by atoms with Gasteiger partial charge >= 0.3 is 5.97 Å². The van der Waals surface area contributed by atoms with Gasteiger partial charge in [-0.1, -0.05) is 19.1 Å². The molecule has 0 aliphatic carbocycles. The standard InChI is InChI=1S/C33H38N4O5/c1-6-23-17-22-18-25(41-5)14-15-26(22)32(34-23)35-24-12-10-21(11-13-24)16-27(33(40)42-7-2)36-28-29(31(39)30(28)38)37-19(3)8-9-20(37)4/h10-15,17-20,27,36H,6-9,16H2,1-5H3,(H,34,35). The van der Waals surface area contributed by atoms with Gasteiger partial charge in [0, 0.05) is 35.3 Å². The van der Waals surface area contributed by atoms with E-state index in [1.165, 1.54) is 0 Å². The van der Waals surface area contributed by atoms with Gasteiger partial charge in [-0.25, -0.2) is 9.78 Å². The number of hydrogen-bond acceptors (Lipinski definition) is 9. The molecule has 3 aromatic carbocycles. The second-order valence-corrected chi connectivity index (χ2v) is 10.9. The number of nitrogens with zero attached hydrogens (tertiary/aromatic N) is 2. The van der Waals surface area contributed by atoms with E-state index in [4.69, 9.17) is 14.5 Å². The molecule has 3 unspecified atom stereocenters. The Labute approximate surface area is 245 Å². The molecule has 1 aliphatic heterocycles. The zero-order valence-electron chi connectivity index (χ0n) is 24.8. The van der Waals surface area contributed by atoms with E-state index in [9.17, 15) is 14.4 Å². The topological polar surface area (TPSA) is 110 Å². The van der Waals surface area contributed by atoms with E-state index < -0.39 is 22.9 Å². The highest BCUT2D eigenvalue weighted by molar-refractivity contribution is 5.94. The number of hydrogen-bond donors (Lipinski definition) is 2. The zero-order valence-corrected chi connectivity index (χ0v) is 24.8. The van der Waals surface area contributed by atoms with Crippen molar-refractivity contribution in [3.63, 3.8) is 0 Å². The summed E-state index contributed by atoms with van der Waals surface area (Å²) in [6, 6.07) is 15.2. The number of methoxy groups -OCH3 is 1. The number of fused-ring (bicyclic) bond motifs is 1. The van der Waals surface area contributed by atoms with Crippen LogP contribution in [0.3, 0.4) is 0 Å². The minimum absolute atomic E-state index is 0.150. The monoisotopic (exact) mass is 570 g/mol. The van der Waals surface area contributed by atoms with Crippen LogP contribution in [-0.4, -0.2) is 42.8 Å². The summed E-state index contributed by atoms with van der Waals surface area (Å²) >= 11 is 0. The lowest BCUT2D eigenvalue weighted by molar-refractivity contribution is -0.144. The molecule has 42 heavy (non-hydrogen) atoms. The second-order valence-electron chi connectivity index (χ2n) is 10.9. The van der Waals surface area contributed by atoms with Crippen LogP contribution in [0.5, 0.6) is 5.75 Å². The van der Waals surface area contributed by atoms with Gasteiger partial charge in [0.1, 0.15) is 29.0 Å². The molecule has 0 spiro atoms. The Balaban J connectivity index is 1.37. The van der Waals surface area contributed by atoms with Crippen molar-refractivity contribution in [2.45, 2.75) is 71.5 Å². The maximum absolute atomic E-state index is 13.0. The smallest absolute Gasteiger partial charge is 0.328 e. The number of rotatable bonds is 11. The summed E-state index contributed by atoms with van der Waals surface area (Å²) in [5, 5.41) is 8.54. The number of aryl methyl sites for hydroxylation is 1. The van der Waals surface area contributed by atoms with E-state index in [1.807, 2.05) is 47.4 Å². The molecular formula is C33H38N4O5. The summed E-state index contributed by atoms with van der Waals surface area (Å²) < 4.78 is 10.7. The highest BCUT2D eigenvalue weighted by Gasteiger charge is 2.37. The zero-order chi connectivity index (χ0) is 30.0. The Morgan fingerprint density at radius 1 is 1.02 bits per heavy atom. The number of carbonyl (C=O) groups excluding carboxylic acids is 1. The average Bonchev–Trinajstić information content (AvgIpc) is 3.33. The molecular weight excluding hydrogens is 532 g/mol. The molecule has 1 fully saturated rings. The van der Waals surface area contributed by atoms with Crippen molar-refractivity contribution in [1.82, 2.24) is 4.98 Å². The van der Waals surface area contributed by atoms with Gasteiger partial charge in [-0.05, 0) is 87.4 Å². The van der Waals surface area contributed by atoms with Crippen LogP contribution in [0.1, 0.15) is 51.8 Å². The van der Waals surface area contributed by atoms with Gasteiger partial charge in [0.25, 0.3) is 10.9 Å². The van der Waals surface area contributed by atoms with E-state index in [0.29, 0.717) is 5.69 Å². The van der Waals surface area contributed by atoms with Crippen LogP contribution >= 0.6 is 0 Å². The van der Waals surface area contributed by atoms with Crippen LogP contribution in [0.25, 0.3) is 10.8 Å². The number of nitrogens with one attached hydrogen (secondary N) is 2. The SMILES string of the molecule is CCOC(=O)C(Cc1ccc(Nc2nc(CC)cc3cc(OC)ccc23)cc1)Nc1c(N2C(C)CCC2C)c(=O)c1=O. The molecule has 220 valence electrons. The number of esters is 1. The predicted molar refractivity (Wildman–Crippen MR) is 167 cm³/mol.